The smallest absolute Gasteiger partial charge is 0.0294 e. The van der Waals surface area contributed by atoms with E-state index in [-0.39, 0.29) is 11.5 Å². The Morgan fingerprint density at radius 1 is 1.11 bits per heavy atom. The third-order valence-corrected chi connectivity index (χ3v) is 3.63. The highest BCUT2D eigenvalue weighted by molar-refractivity contribution is 5.29. The van der Waals surface area contributed by atoms with Gasteiger partial charge in [0.25, 0.3) is 0 Å². The fraction of sp³-hybridized carbons (Fsp3) is 0.556. The second kappa shape index (κ2) is 7.49. The van der Waals surface area contributed by atoms with Crippen LogP contribution in [0.15, 0.2) is 36.9 Å². The lowest BCUT2D eigenvalue weighted by molar-refractivity contribution is 0.569. The van der Waals surface area contributed by atoms with Crippen LogP contribution >= 0.6 is 0 Å². The maximum atomic E-state index is 6.25. The topological polar surface area (TPSA) is 26.0 Å². The van der Waals surface area contributed by atoms with Gasteiger partial charge in [0.15, 0.2) is 0 Å². The van der Waals surface area contributed by atoms with Crippen LogP contribution < -0.4 is 5.73 Å². The molecule has 1 rings (SSSR count). The molecule has 2 N–H and O–H groups in total. The van der Waals surface area contributed by atoms with E-state index >= 15 is 0 Å². The Bertz CT molecular complexity index is 370. The number of hydrogen-bond acceptors (Lipinski definition) is 1. The van der Waals surface area contributed by atoms with Gasteiger partial charge in [-0.3, -0.25) is 0 Å². The first-order valence-corrected chi connectivity index (χ1v) is 7.42. The minimum absolute atomic E-state index is 0.178. The Hall–Kier alpha value is -1.08. The Labute approximate surface area is 118 Å². The minimum Gasteiger partial charge on any atom is -0.324 e. The first-order chi connectivity index (χ1) is 8.95. The van der Waals surface area contributed by atoms with Gasteiger partial charge >= 0.3 is 0 Å². The molecule has 19 heavy (non-hydrogen) atoms. The summed E-state index contributed by atoms with van der Waals surface area (Å²) in [6.07, 6.45) is 7.88. The molecular weight excluding hydrogens is 230 g/mol. The van der Waals surface area contributed by atoms with E-state index in [4.69, 9.17) is 5.73 Å². The zero-order valence-corrected chi connectivity index (χ0v) is 12.8. The number of allylic oxidation sites excluding steroid dienone is 1. The molecule has 1 aromatic carbocycles. The van der Waals surface area contributed by atoms with Crippen LogP contribution in [0.25, 0.3) is 0 Å². The van der Waals surface area contributed by atoms with Gasteiger partial charge in [-0.2, -0.15) is 0 Å². The molecule has 0 saturated heterocycles. The molecule has 0 aromatic heterocycles. The lowest BCUT2D eigenvalue weighted by Crippen LogP contribution is -2.13. The van der Waals surface area contributed by atoms with E-state index in [2.05, 4.69) is 51.6 Å². The van der Waals surface area contributed by atoms with E-state index in [1.165, 1.54) is 30.4 Å². The van der Waals surface area contributed by atoms with Crippen LogP contribution in [0.5, 0.6) is 0 Å². The SMILES string of the molecule is C=CCCCCCC(N)c1ccc(C(C)(C)C)cc1. The summed E-state index contributed by atoms with van der Waals surface area (Å²) in [5.74, 6) is 0. The fourth-order valence-electron chi connectivity index (χ4n) is 2.23. The van der Waals surface area contributed by atoms with Crippen molar-refractivity contribution >= 4 is 0 Å². The predicted octanol–water partition coefficient (Wildman–Crippen LogP) is 5.12. The predicted molar refractivity (Wildman–Crippen MR) is 85.4 cm³/mol. The van der Waals surface area contributed by atoms with Gasteiger partial charge < -0.3 is 5.73 Å². The van der Waals surface area contributed by atoms with Gasteiger partial charge in [0.2, 0.25) is 0 Å². The lowest BCUT2D eigenvalue weighted by Gasteiger charge is -2.20. The van der Waals surface area contributed by atoms with Crippen LogP contribution in [-0.2, 0) is 5.41 Å². The van der Waals surface area contributed by atoms with E-state index in [1.807, 2.05) is 6.08 Å². The second-order valence-corrected chi connectivity index (χ2v) is 6.41. The molecule has 0 saturated carbocycles. The highest BCUT2D eigenvalue weighted by Crippen LogP contribution is 2.24. The van der Waals surface area contributed by atoms with E-state index in [0.29, 0.717) is 0 Å². The summed E-state index contributed by atoms with van der Waals surface area (Å²) in [6.45, 7) is 10.5. The maximum absolute atomic E-state index is 6.25. The average molecular weight is 259 g/mol. The monoisotopic (exact) mass is 259 g/mol. The summed E-state index contributed by atoms with van der Waals surface area (Å²) in [7, 11) is 0. The molecule has 0 heterocycles. The average Bonchev–Trinajstić information content (AvgIpc) is 2.37. The number of unbranched alkanes of at least 4 members (excludes halogenated alkanes) is 3. The van der Waals surface area contributed by atoms with Crippen LogP contribution in [0.4, 0.5) is 0 Å². The number of hydrogen-bond donors (Lipinski definition) is 1. The first-order valence-electron chi connectivity index (χ1n) is 7.42. The number of benzene rings is 1. The van der Waals surface area contributed by atoms with Crippen molar-refractivity contribution in [3.05, 3.63) is 48.0 Å². The van der Waals surface area contributed by atoms with Crippen molar-refractivity contribution in [3.8, 4) is 0 Å². The molecule has 0 aliphatic carbocycles. The van der Waals surface area contributed by atoms with Gasteiger partial charge in [-0.1, -0.05) is 64.0 Å². The van der Waals surface area contributed by atoms with Gasteiger partial charge in [0, 0.05) is 6.04 Å². The Morgan fingerprint density at radius 3 is 2.26 bits per heavy atom. The second-order valence-electron chi connectivity index (χ2n) is 6.41. The molecule has 1 aromatic rings. The van der Waals surface area contributed by atoms with E-state index in [1.54, 1.807) is 0 Å². The van der Waals surface area contributed by atoms with Gasteiger partial charge in [0.05, 0.1) is 0 Å². The summed E-state index contributed by atoms with van der Waals surface area (Å²) >= 11 is 0. The van der Waals surface area contributed by atoms with Crippen LogP contribution in [0.3, 0.4) is 0 Å². The molecule has 0 radical (unpaired) electrons. The largest absolute Gasteiger partial charge is 0.324 e. The molecule has 0 aliphatic rings. The molecule has 1 unspecified atom stereocenters. The Morgan fingerprint density at radius 2 is 1.74 bits per heavy atom. The first kappa shape index (κ1) is 16.0. The number of nitrogens with two attached hydrogens (primary N) is 1. The van der Waals surface area contributed by atoms with Crippen molar-refractivity contribution in [2.24, 2.45) is 5.73 Å². The molecule has 1 atom stereocenters. The molecule has 0 bridgehead atoms. The molecule has 0 aliphatic heterocycles. The van der Waals surface area contributed by atoms with Crippen molar-refractivity contribution in [2.45, 2.75) is 64.3 Å². The van der Waals surface area contributed by atoms with Crippen molar-refractivity contribution in [1.29, 1.82) is 0 Å². The molecule has 1 nitrogen and oxygen atoms in total. The van der Waals surface area contributed by atoms with E-state index < -0.39 is 0 Å². The van der Waals surface area contributed by atoms with Gasteiger partial charge in [0.1, 0.15) is 0 Å². The lowest BCUT2D eigenvalue weighted by atomic mass is 9.86. The van der Waals surface area contributed by atoms with Crippen molar-refractivity contribution in [3.63, 3.8) is 0 Å². The summed E-state index contributed by atoms with van der Waals surface area (Å²) in [4.78, 5) is 0. The van der Waals surface area contributed by atoms with Crippen molar-refractivity contribution < 1.29 is 0 Å². The zero-order valence-electron chi connectivity index (χ0n) is 12.8. The van der Waals surface area contributed by atoms with Crippen LogP contribution in [0, 0.1) is 0 Å². The summed E-state index contributed by atoms with van der Waals surface area (Å²) in [5, 5.41) is 0. The van der Waals surface area contributed by atoms with Gasteiger partial charge in [-0.25, -0.2) is 0 Å². The highest BCUT2D eigenvalue weighted by Gasteiger charge is 2.14. The van der Waals surface area contributed by atoms with Crippen LogP contribution in [-0.4, -0.2) is 0 Å². The minimum atomic E-state index is 0.178. The zero-order chi connectivity index (χ0) is 14.3. The third kappa shape index (κ3) is 5.61. The van der Waals surface area contributed by atoms with Crippen LogP contribution in [0.1, 0.15) is 70.0 Å². The molecular formula is C18H29N. The highest BCUT2D eigenvalue weighted by atomic mass is 14.6. The van der Waals surface area contributed by atoms with Crippen molar-refractivity contribution in [1.82, 2.24) is 0 Å². The van der Waals surface area contributed by atoms with E-state index in [9.17, 15) is 0 Å². The summed E-state index contributed by atoms with van der Waals surface area (Å²) in [6, 6.07) is 8.99. The van der Waals surface area contributed by atoms with Gasteiger partial charge in [-0.05, 0) is 35.8 Å². The molecule has 0 fully saturated rings. The maximum Gasteiger partial charge on any atom is 0.0294 e. The molecule has 106 valence electrons. The van der Waals surface area contributed by atoms with Gasteiger partial charge in [-0.15, -0.1) is 6.58 Å². The standard InChI is InChI=1S/C18H29N/c1-5-6-7-8-9-10-17(19)15-11-13-16(14-12-15)18(2,3)4/h5,11-14,17H,1,6-10,19H2,2-4H3. The summed E-state index contributed by atoms with van der Waals surface area (Å²) in [5.41, 5.74) is 9.09. The quantitative estimate of drug-likeness (QED) is 0.534. The van der Waals surface area contributed by atoms with E-state index in [0.717, 1.165) is 12.8 Å². The molecule has 1 heteroatoms. The molecule has 0 spiro atoms. The Balaban J connectivity index is 2.44. The van der Waals surface area contributed by atoms with Crippen LogP contribution in [0.2, 0.25) is 0 Å². The third-order valence-electron chi connectivity index (χ3n) is 3.63. The summed E-state index contributed by atoms with van der Waals surface area (Å²) < 4.78 is 0. The Kier molecular flexibility index (Phi) is 6.30. The fourth-order valence-corrected chi connectivity index (χ4v) is 2.23. The van der Waals surface area contributed by atoms with Crippen molar-refractivity contribution in [2.75, 3.05) is 0 Å². The normalized spacial score (nSPS) is 13.3. The number of rotatable bonds is 7. The molecule has 0 amide bonds.